The van der Waals surface area contributed by atoms with Gasteiger partial charge in [0.15, 0.2) is 0 Å². The van der Waals surface area contributed by atoms with E-state index in [-0.39, 0.29) is 0 Å². The van der Waals surface area contributed by atoms with Gasteiger partial charge in [-0.05, 0) is 31.5 Å². The second-order valence-electron chi connectivity index (χ2n) is 5.11. The molecule has 0 saturated carbocycles. The van der Waals surface area contributed by atoms with Crippen molar-refractivity contribution in [3.05, 3.63) is 53.5 Å². The molecule has 0 aliphatic heterocycles. The van der Waals surface area contributed by atoms with E-state index in [1.165, 1.54) is 18.5 Å². The highest BCUT2D eigenvalue weighted by Crippen LogP contribution is 2.21. The predicted octanol–water partition coefficient (Wildman–Crippen LogP) is 3.85. The lowest BCUT2D eigenvalue weighted by Gasteiger charge is -2.23. The van der Waals surface area contributed by atoms with E-state index in [4.69, 9.17) is 10.2 Å². The summed E-state index contributed by atoms with van der Waals surface area (Å²) in [5.74, 6) is 1.92. The van der Waals surface area contributed by atoms with Gasteiger partial charge in [-0.3, -0.25) is 0 Å². The Morgan fingerprint density at radius 1 is 1.20 bits per heavy atom. The first-order chi connectivity index (χ1) is 9.74. The third-order valence-corrected chi connectivity index (χ3v) is 3.54. The summed E-state index contributed by atoms with van der Waals surface area (Å²) in [6.45, 7) is 6.57. The maximum Gasteiger partial charge on any atom is 0.123 e. The van der Waals surface area contributed by atoms with Gasteiger partial charge < -0.3 is 15.1 Å². The van der Waals surface area contributed by atoms with E-state index in [9.17, 15) is 0 Å². The zero-order chi connectivity index (χ0) is 14.4. The van der Waals surface area contributed by atoms with Gasteiger partial charge in [-0.25, -0.2) is 0 Å². The van der Waals surface area contributed by atoms with E-state index in [1.54, 1.807) is 0 Å². The molecule has 1 aromatic carbocycles. The van der Waals surface area contributed by atoms with Crippen molar-refractivity contribution in [3.63, 3.8) is 0 Å². The quantitative estimate of drug-likeness (QED) is 0.832. The van der Waals surface area contributed by atoms with Crippen LogP contribution in [0.2, 0.25) is 0 Å². The SMILES string of the molecule is CCCCN(Cc1cc(CN)c(C)o1)c1ccccc1. The number of hydrogen-bond donors (Lipinski definition) is 1. The molecule has 0 aliphatic rings. The van der Waals surface area contributed by atoms with E-state index in [1.807, 2.05) is 13.0 Å². The average Bonchev–Trinajstić information content (AvgIpc) is 2.84. The molecule has 20 heavy (non-hydrogen) atoms. The molecule has 0 aliphatic carbocycles. The number of hydrogen-bond acceptors (Lipinski definition) is 3. The van der Waals surface area contributed by atoms with Gasteiger partial charge in [-0.1, -0.05) is 31.5 Å². The molecule has 0 fully saturated rings. The minimum absolute atomic E-state index is 0.537. The number of nitrogens with zero attached hydrogens (tertiary/aromatic N) is 1. The Labute approximate surface area is 121 Å². The monoisotopic (exact) mass is 272 g/mol. The molecule has 2 N–H and O–H groups in total. The second kappa shape index (κ2) is 7.15. The standard InChI is InChI=1S/C17H24N2O/c1-3-4-10-19(16-8-6-5-7-9-16)13-17-11-15(12-18)14(2)20-17/h5-9,11H,3-4,10,12-13,18H2,1-2H3. The van der Waals surface area contributed by atoms with E-state index in [0.717, 1.165) is 30.2 Å². The molecule has 0 spiro atoms. The summed E-state index contributed by atoms with van der Waals surface area (Å²) >= 11 is 0. The topological polar surface area (TPSA) is 42.4 Å². The number of benzene rings is 1. The van der Waals surface area contributed by atoms with Crippen LogP contribution in [-0.4, -0.2) is 6.54 Å². The molecule has 3 heteroatoms. The molecule has 2 aromatic rings. The maximum atomic E-state index is 5.82. The molecule has 0 amide bonds. The Balaban J connectivity index is 2.14. The first kappa shape index (κ1) is 14.7. The van der Waals surface area contributed by atoms with Crippen LogP contribution in [0, 0.1) is 6.92 Å². The lowest BCUT2D eigenvalue weighted by molar-refractivity contribution is 0.474. The van der Waals surface area contributed by atoms with E-state index in [2.05, 4.69) is 42.2 Å². The van der Waals surface area contributed by atoms with Crippen LogP contribution in [-0.2, 0) is 13.1 Å². The Hall–Kier alpha value is -1.74. The lowest BCUT2D eigenvalue weighted by atomic mass is 10.2. The van der Waals surface area contributed by atoms with Crippen molar-refractivity contribution in [2.75, 3.05) is 11.4 Å². The van der Waals surface area contributed by atoms with Gasteiger partial charge in [0.05, 0.1) is 6.54 Å². The number of rotatable bonds is 7. The van der Waals surface area contributed by atoms with Crippen molar-refractivity contribution in [2.24, 2.45) is 5.73 Å². The summed E-state index contributed by atoms with van der Waals surface area (Å²) < 4.78 is 5.82. The highest BCUT2D eigenvalue weighted by Gasteiger charge is 2.11. The molecule has 108 valence electrons. The Morgan fingerprint density at radius 2 is 1.95 bits per heavy atom. The van der Waals surface area contributed by atoms with Gasteiger partial charge in [0.2, 0.25) is 0 Å². The van der Waals surface area contributed by atoms with Crippen molar-refractivity contribution in [1.29, 1.82) is 0 Å². The summed E-state index contributed by atoms with van der Waals surface area (Å²) in [4.78, 5) is 2.36. The van der Waals surface area contributed by atoms with Gasteiger partial charge in [0, 0.05) is 24.3 Å². The van der Waals surface area contributed by atoms with Crippen LogP contribution in [0.15, 0.2) is 40.8 Å². The number of nitrogens with two attached hydrogens (primary N) is 1. The highest BCUT2D eigenvalue weighted by atomic mass is 16.3. The normalized spacial score (nSPS) is 10.8. The fraction of sp³-hybridized carbons (Fsp3) is 0.412. The molecule has 0 radical (unpaired) electrons. The number of aryl methyl sites for hydroxylation is 1. The molecule has 2 rings (SSSR count). The third kappa shape index (κ3) is 3.64. The van der Waals surface area contributed by atoms with Crippen LogP contribution in [0.25, 0.3) is 0 Å². The summed E-state index contributed by atoms with van der Waals surface area (Å²) in [6, 6.07) is 12.6. The Morgan fingerprint density at radius 3 is 2.55 bits per heavy atom. The maximum absolute atomic E-state index is 5.82. The van der Waals surface area contributed by atoms with Crippen LogP contribution in [0.4, 0.5) is 5.69 Å². The molecular formula is C17H24N2O. The predicted molar refractivity (Wildman–Crippen MR) is 83.7 cm³/mol. The molecule has 0 atom stereocenters. The average molecular weight is 272 g/mol. The first-order valence-electron chi connectivity index (χ1n) is 7.32. The van der Waals surface area contributed by atoms with E-state index in [0.29, 0.717) is 6.54 Å². The number of unbranched alkanes of at least 4 members (excludes halogenated alkanes) is 1. The lowest BCUT2D eigenvalue weighted by Crippen LogP contribution is -2.23. The van der Waals surface area contributed by atoms with Crippen molar-refractivity contribution in [3.8, 4) is 0 Å². The molecule has 0 bridgehead atoms. The molecular weight excluding hydrogens is 248 g/mol. The van der Waals surface area contributed by atoms with Crippen molar-refractivity contribution < 1.29 is 4.42 Å². The number of anilines is 1. The fourth-order valence-electron chi connectivity index (χ4n) is 2.34. The Bertz CT molecular complexity index is 519. The van der Waals surface area contributed by atoms with Gasteiger partial charge in [-0.2, -0.15) is 0 Å². The summed E-state index contributed by atoms with van der Waals surface area (Å²) in [6.07, 6.45) is 2.37. The first-order valence-corrected chi connectivity index (χ1v) is 7.32. The number of furan rings is 1. The van der Waals surface area contributed by atoms with Crippen LogP contribution < -0.4 is 10.6 Å². The highest BCUT2D eigenvalue weighted by molar-refractivity contribution is 5.46. The third-order valence-electron chi connectivity index (χ3n) is 3.54. The van der Waals surface area contributed by atoms with E-state index < -0.39 is 0 Å². The summed E-state index contributed by atoms with van der Waals surface area (Å²) in [5.41, 5.74) is 8.05. The van der Waals surface area contributed by atoms with E-state index >= 15 is 0 Å². The molecule has 1 aromatic heterocycles. The zero-order valence-electron chi connectivity index (χ0n) is 12.4. The summed E-state index contributed by atoms with van der Waals surface area (Å²) in [5, 5.41) is 0. The zero-order valence-corrected chi connectivity index (χ0v) is 12.4. The molecule has 1 heterocycles. The summed E-state index contributed by atoms with van der Waals surface area (Å²) in [7, 11) is 0. The van der Waals surface area contributed by atoms with Gasteiger partial charge >= 0.3 is 0 Å². The molecule has 0 saturated heterocycles. The second-order valence-corrected chi connectivity index (χ2v) is 5.11. The van der Waals surface area contributed by atoms with Crippen LogP contribution >= 0.6 is 0 Å². The minimum Gasteiger partial charge on any atom is -0.464 e. The fourth-order valence-corrected chi connectivity index (χ4v) is 2.34. The van der Waals surface area contributed by atoms with Crippen LogP contribution in [0.3, 0.4) is 0 Å². The Kier molecular flexibility index (Phi) is 5.24. The largest absolute Gasteiger partial charge is 0.464 e. The van der Waals surface area contributed by atoms with Gasteiger partial charge in [0.1, 0.15) is 11.5 Å². The smallest absolute Gasteiger partial charge is 0.123 e. The van der Waals surface area contributed by atoms with Gasteiger partial charge in [-0.15, -0.1) is 0 Å². The van der Waals surface area contributed by atoms with Gasteiger partial charge in [0.25, 0.3) is 0 Å². The van der Waals surface area contributed by atoms with Crippen molar-refractivity contribution >= 4 is 5.69 Å². The molecule has 3 nitrogen and oxygen atoms in total. The number of para-hydroxylation sites is 1. The van der Waals surface area contributed by atoms with Crippen molar-refractivity contribution in [1.82, 2.24) is 0 Å². The van der Waals surface area contributed by atoms with Crippen molar-refractivity contribution in [2.45, 2.75) is 39.8 Å². The minimum atomic E-state index is 0.537. The molecule has 0 unspecified atom stereocenters. The van der Waals surface area contributed by atoms with Crippen LogP contribution in [0.5, 0.6) is 0 Å². The van der Waals surface area contributed by atoms with Crippen LogP contribution in [0.1, 0.15) is 36.8 Å².